The highest BCUT2D eigenvalue weighted by Gasteiger charge is 2.38. The molecule has 2 aliphatic rings. The van der Waals surface area contributed by atoms with Crippen molar-refractivity contribution in [1.29, 1.82) is 0 Å². The van der Waals surface area contributed by atoms with Crippen molar-refractivity contribution >= 4 is 5.91 Å². The van der Waals surface area contributed by atoms with Gasteiger partial charge in [0, 0.05) is 6.54 Å². The molecule has 2 rings (SSSR count). The van der Waals surface area contributed by atoms with E-state index in [1.54, 1.807) is 0 Å². The maximum absolute atomic E-state index is 11.5. The summed E-state index contributed by atoms with van der Waals surface area (Å²) in [5, 5.41) is 1.51. The van der Waals surface area contributed by atoms with Gasteiger partial charge in [-0.05, 0) is 31.7 Å². The molecule has 14 heavy (non-hydrogen) atoms. The van der Waals surface area contributed by atoms with Crippen molar-refractivity contribution in [3.63, 3.8) is 0 Å². The van der Waals surface area contributed by atoms with Gasteiger partial charge < -0.3 is 5.73 Å². The Kier molecular flexibility index (Phi) is 3.03. The fourth-order valence-electron chi connectivity index (χ4n) is 2.01. The van der Waals surface area contributed by atoms with Crippen LogP contribution in [-0.4, -0.2) is 30.2 Å². The molecule has 1 atom stereocenters. The zero-order chi connectivity index (χ0) is 9.97. The van der Waals surface area contributed by atoms with Gasteiger partial charge in [0.25, 0.3) is 0 Å². The summed E-state index contributed by atoms with van der Waals surface area (Å²) in [6.45, 7) is 1.26. The Morgan fingerprint density at radius 3 is 2.86 bits per heavy atom. The average Bonchev–Trinajstić information content (AvgIpc) is 2.40. The van der Waals surface area contributed by atoms with E-state index >= 15 is 0 Å². The average molecular weight is 198 g/mol. The number of rotatable bonds is 4. The van der Waals surface area contributed by atoms with Crippen LogP contribution in [0.25, 0.3) is 0 Å². The maximum atomic E-state index is 11.5. The predicted molar refractivity (Wildman–Crippen MR) is 52.2 cm³/mol. The van der Waals surface area contributed by atoms with Crippen molar-refractivity contribution in [2.75, 3.05) is 13.1 Å². The van der Waals surface area contributed by atoms with Gasteiger partial charge in [-0.25, -0.2) is 5.06 Å². The summed E-state index contributed by atoms with van der Waals surface area (Å²) in [5.41, 5.74) is 5.39. The van der Waals surface area contributed by atoms with Crippen molar-refractivity contribution in [3.05, 3.63) is 0 Å². The zero-order valence-corrected chi connectivity index (χ0v) is 8.45. The summed E-state index contributed by atoms with van der Waals surface area (Å²) in [6, 6.07) is 0. The predicted octanol–water partition coefficient (Wildman–Crippen LogP) is 0.668. The monoisotopic (exact) mass is 198 g/mol. The normalized spacial score (nSPS) is 28.2. The highest BCUT2D eigenvalue weighted by Crippen LogP contribution is 2.35. The van der Waals surface area contributed by atoms with Crippen molar-refractivity contribution in [1.82, 2.24) is 5.06 Å². The summed E-state index contributed by atoms with van der Waals surface area (Å²) in [6.07, 6.45) is 5.31. The van der Waals surface area contributed by atoms with Crippen molar-refractivity contribution in [2.45, 2.75) is 38.2 Å². The molecular weight excluding hydrogens is 180 g/mol. The molecule has 1 aliphatic heterocycles. The van der Waals surface area contributed by atoms with E-state index < -0.39 is 0 Å². The molecule has 1 amide bonds. The Bertz CT molecular complexity index is 216. The highest BCUT2D eigenvalue weighted by atomic mass is 16.7. The summed E-state index contributed by atoms with van der Waals surface area (Å²) in [4.78, 5) is 17.1. The zero-order valence-electron chi connectivity index (χ0n) is 8.45. The lowest BCUT2D eigenvalue weighted by atomic mass is 9.80. The minimum atomic E-state index is 0.135. The highest BCUT2D eigenvalue weighted by molar-refractivity contribution is 5.77. The van der Waals surface area contributed by atoms with Gasteiger partial charge in [0.05, 0.1) is 12.5 Å². The number of carbonyl (C=O) groups is 1. The molecule has 0 bridgehead atoms. The smallest absolute Gasteiger partial charge is 0.248 e. The third-order valence-corrected chi connectivity index (χ3v) is 3.16. The number of hydrogen-bond acceptors (Lipinski definition) is 3. The number of nitrogens with zero attached hydrogens (tertiary/aromatic N) is 1. The second-order valence-corrected chi connectivity index (χ2v) is 4.18. The van der Waals surface area contributed by atoms with Crippen LogP contribution in [0.4, 0.5) is 0 Å². The quantitative estimate of drug-likeness (QED) is 0.722. The van der Waals surface area contributed by atoms with E-state index in [0.29, 0.717) is 25.4 Å². The molecule has 4 nitrogen and oxygen atoms in total. The van der Waals surface area contributed by atoms with Crippen LogP contribution < -0.4 is 5.73 Å². The third-order valence-electron chi connectivity index (χ3n) is 3.16. The van der Waals surface area contributed by atoms with Gasteiger partial charge >= 0.3 is 0 Å². The molecule has 0 aromatic rings. The van der Waals surface area contributed by atoms with Gasteiger partial charge in [-0.1, -0.05) is 6.42 Å². The largest absolute Gasteiger partial charge is 0.330 e. The molecule has 80 valence electrons. The number of hydrogen-bond donors (Lipinski definition) is 1. The summed E-state index contributed by atoms with van der Waals surface area (Å²) in [7, 11) is 0. The molecule has 1 saturated carbocycles. The Morgan fingerprint density at radius 2 is 2.29 bits per heavy atom. The Balaban J connectivity index is 1.80. The molecular formula is C10H18N2O2. The lowest BCUT2D eigenvalue weighted by Gasteiger charge is -2.30. The lowest BCUT2D eigenvalue weighted by Crippen LogP contribution is -2.30. The molecule has 2 fully saturated rings. The van der Waals surface area contributed by atoms with Crippen LogP contribution in [-0.2, 0) is 9.63 Å². The summed E-state index contributed by atoms with van der Waals surface area (Å²) in [5.74, 6) is 0.761. The van der Waals surface area contributed by atoms with E-state index in [2.05, 4.69) is 0 Å². The Hall–Kier alpha value is -0.610. The second kappa shape index (κ2) is 4.28. The molecule has 1 aliphatic carbocycles. The van der Waals surface area contributed by atoms with E-state index in [-0.39, 0.29) is 12.0 Å². The molecule has 1 unspecified atom stereocenters. The maximum Gasteiger partial charge on any atom is 0.248 e. The first-order valence-electron chi connectivity index (χ1n) is 5.48. The minimum absolute atomic E-state index is 0.135. The topological polar surface area (TPSA) is 55.6 Å². The molecule has 1 heterocycles. The molecule has 0 spiro atoms. The van der Waals surface area contributed by atoms with Gasteiger partial charge in [-0.2, -0.15) is 0 Å². The third kappa shape index (κ3) is 1.91. The Morgan fingerprint density at radius 1 is 1.50 bits per heavy atom. The molecule has 2 N–H and O–H groups in total. The lowest BCUT2D eigenvalue weighted by molar-refractivity contribution is -0.182. The van der Waals surface area contributed by atoms with E-state index in [4.69, 9.17) is 10.6 Å². The van der Waals surface area contributed by atoms with Gasteiger partial charge in [0.1, 0.15) is 0 Å². The molecule has 1 saturated heterocycles. The first-order valence-corrected chi connectivity index (χ1v) is 5.48. The van der Waals surface area contributed by atoms with Gasteiger partial charge in [0.2, 0.25) is 5.91 Å². The molecule has 0 aromatic heterocycles. The first kappa shape index (κ1) is 9.93. The number of hydroxylamine groups is 2. The van der Waals surface area contributed by atoms with Crippen LogP contribution in [0.2, 0.25) is 0 Å². The van der Waals surface area contributed by atoms with Crippen LogP contribution in [0, 0.1) is 5.92 Å². The van der Waals surface area contributed by atoms with E-state index in [9.17, 15) is 4.79 Å². The fraction of sp³-hybridized carbons (Fsp3) is 0.900. The SMILES string of the molecule is NCCCN1OC(C2CCC2)CC1=O. The minimum Gasteiger partial charge on any atom is -0.330 e. The number of carbonyl (C=O) groups excluding carboxylic acids is 1. The Labute approximate surface area is 84.3 Å². The molecule has 4 heteroatoms. The molecule has 0 radical (unpaired) electrons. The number of amides is 1. The standard InChI is InChI=1S/C10H18N2O2/c11-5-2-6-12-10(13)7-9(14-12)8-3-1-4-8/h8-9H,1-7,11H2. The van der Waals surface area contributed by atoms with Crippen LogP contribution in [0.5, 0.6) is 0 Å². The van der Waals surface area contributed by atoms with Crippen LogP contribution in [0.3, 0.4) is 0 Å². The van der Waals surface area contributed by atoms with Gasteiger partial charge in [-0.15, -0.1) is 0 Å². The summed E-state index contributed by atoms with van der Waals surface area (Å²) >= 11 is 0. The number of nitrogens with two attached hydrogens (primary N) is 1. The van der Waals surface area contributed by atoms with Crippen molar-refractivity contribution in [2.24, 2.45) is 11.7 Å². The van der Waals surface area contributed by atoms with Gasteiger partial charge in [0.15, 0.2) is 0 Å². The van der Waals surface area contributed by atoms with E-state index in [0.717, 1.165) is 6.42 Å². The van der Waals surface area contributed by atoms with Crippen LogP contribution in [0.1, 0.15) is 32.1 Å². The van der Waals surface area contributed by atoms with E-state index in [1.165, 1.54) is 24.3 Å². The van der Waals surface area contributed by atoms with Crippen LogP contribution in [0.15, 0.2) is 0 Å². The fourth-order valence-corrected chi connectivity index (χ4v) is 2.01. The second-order valence-electron chi connectivity index (χ2n) is 4.18. The molecule has 0 aromatic carbocycles. The first-order chi connectivity index (χ1) is 6.81. The van der Waals surface area contributed by atoms with Crippen molar-refractivity contribution < 1.29 is 9.63 Å². The van der Waals surface area contributed by atoms with Crippen molar-refractivity contribution in [3.8, 4) is 0 Å². The van der Waals surface area contributed by atoms with Gasteiger partial charge in [-0.3, -0.25) is 9.63 Å². The van der Waals surface area contributed by atoms with Crippen LogP contribution >= 0.6 is 0 Å². The van der Waals surface area contributed by atoms with E-state index in [1.807, 2.05) is 0 Å². The summed E-state index contributed by atoms with van der Waals surface area (Å²) < 4.78 is 0.